The summed E-state index contributed by atoms with van der Waals surface area (Å²) in [5, 5.41) is 1.96. The van der Waals surface area contributed by atoms with Gasteiger partial charge in [0.25, 0.3) is 0 Å². The van der Waals surface area contributed by atoms with E-state index in [-0.39, 0.29) is 0 Å². The van der Waals surface area contributed by atoms with Crippen LogP contribution in [0.25, 0.3) is 12.3 Å². The zero-order valence-corrected chi connectivity index (χ0v) is 5.90. The molecule has 54 valence electrons. The summed E-state index contributed by atoms with van der Waals surface area (Å²) >= 11 is 0. The molecule has 0 bridgehead atoms. The number of aromatic nitrogens is 1. The van der Waals surface area contributed by atoms with Crippen LogP contribution in [0.4, 0.5) is 0 Å². The third-order valence-electron chi connectivity index (χ3n) is 1.48. The second kappa shape index (κ2) is 2.58. The van der Waals surface area contributed by atoms with Crippen molar-refractivity contribution in [3.63, 3.8) is 0 Å². The van der Waals surface area contributed by atoms with Crippen molar-refractivity contribution >= 4 is 12.3 Å². The van der Waals surface area contributed by atoms with Crippen molar-refractivity contribution in [2.45, 2.75) is 0 Å². The molecule has 2 heteroatoms. The fraction of sp³-hybridized carbons (Fsp3) is 0. The normalized spacial score (nSPS) is 13.5. The molecule has 2 rings (SSSR count). The smallest absolute Gasteiger partial charge is 0.0995 e. The summed E-state index contributed by atoms with van der Waals surface area (Å²) in [6.07, 6.45) is 8.82. The standard InChI is InChI=1S/C9H7NO/c1-3-8-7-11-6-2-4-9(8)10-5-1/h1-7H. The van der Waals surface area contributed by atoms with E-state index in [9.17, 15) is 0 Å². The molecule has 0 saturated heterocycles. The van der Waals surface area contributed by atoms with E-state index in [0.29, 0.717) is 0 Å². The Kier molecular flexibility index (Phi) is 1.44. The highest BCUT2D eigenvalue weighted by molar-refractivity contribution is 5.37. The molecule has 0 saturated carbocycles. The number of fused-ring (bicyclic) bond motifs is 1. The molecule has 1 aromatic rings. The summed E-state index contributed by atoms with van der Waals surface area (Å²) in [6.45, 7) is 0. The molecule has 1 aromatic heterocycles. The van der Waals surface area contributed by atoms with Crippen LogP contribution in [-0.2, 0) is 4.74 Å². The fourth-order valence-corrected chi connectivity index (χ4v) is 0.957. The first-order valence-corrected chi connectivity index (χ1v) is 3.40. The van der Waals surface area contributed by atoms with E-state index < -0.39 is 0 Å². The lowest BCUT2D eigenvalue weighted by molar-refractivity contribution is 0.461. The lowest BCUT2D eigenvalue weighted by Crippen LogP contribution is -2.26. The summed E-state index contributed by atoms with van der Waals surface area (Å²) in [5.41, 5.74) is 0. The lowest BCUT2D eigenvalue weighted by atomic mass is 10.3. The number of ether oxygens (including phenoxy) is 1. The lowest BCUT2D eigenvalue weighted by Gasteiger charge is -1.86. The maximum Gasteiger partial charge on any atom is 0.0995 e. The van der Waals surface area contributed by atoms with Crippen LogP contribution >= 0.6 is 0 Å². The van der Waals surface area contributed by atoms with Crippen molar-refractivity contribution in [2.75, 3.05) is 0 Å². The minimum absolute atomic E-state index is 0.946. The van der Waals surface area contributed by atoms with E-state index in [0.717, 1.165) is 10.6 Å². The molecule has 1 aliphatic heterocycles. The molecule has 0 radical (unpaired) electrons. The summed E-state index contributed by atoms with van der Waals surface area (Å²) < 4.78 is 5.04. The highest BCUT2D eigenvalue weighted by Gasteiger charge is 1.86. The predicted octanol–water partition coefficient (Wildman–Crippen LogP) is 0.144. The van der Waals surface area contributed by atoms with E-state index in [4.69, 9.17) is 4.74 Å². The number of hydrogen-bond acceptors (Lipinski definition) is 2. The first-order chi connectivity index (χ1) is 5.47. The predicted molar refractivity (Wildman–Crippen MR) is 42.6 cm³/mol. The average molecular weight is 145 g/mol. The van der Waals surface area contributed by atoms with Gasteiger partial charge in [-0.25, -0.2) is 0 Å². The highest BCUT2D eigenvalue weighted by Crippen LogP contribution is 1.82. The SMILES string of the molecule is C1=COC=c2cccnc2=C1. The average Bonchev–Trinajstić information content (AvgIpc) is 2.28. The quantitative estimate of drug-likeness (QED) is 0.518. The number of hydrogen-bond donors (Lipinski definition) is 0. The topological polar surface area (TPSA) is 22.1 Å². The maximum atomic E-state index is 5.04. The zero-order valence-electron chi connectivity index (χ0n) is 5.90. The molecular weight excluding hydrogens is 138 g/mol. The minimum atomic E-state index is 0.946. The van der Waals surface area contributed by atoms with Crippen LogP contribution in [0.3, 0.4) is 0 Å². The first-order valence-electron chi connectivity index (χ1n) is 3.40. The van der Waals surface area contributed by atoms with Gasteiger partial charge in [0.1, 0.15) is 0 Å². The van der Waals surface area contributed by atoms with E-state index >= 15 is 0 Å². The Labute approximate surface area is 64.1 Å². The third-order valence-corrected chi connectivity index (χ3v) is 1.48. The highest BCUT2D eigenvalue weighted by atomic mass is 16.5. The van der Waals surface area contributed by atoms with Gasteiger partial charge in [-0.05, 0) is 24.3 Å². The summed E-state index contributed by atoms with van der Waals surface area (Å²) in [4.78, 5) is 4.16. The number of nitrogens with zero attached hydrogens (tertiary/aromatic N) is 1. The van der Waals surface area contributed by atoms with Gasteiger partial charge in [-0.15, -0.1) is 0 Å². The maximum absolute atomic E-state index is 5.04. The molecular formula is C9H7NO. The molecule has 0 unspecified atom stereocenters. The van der Waals surface area contributed by atoms with Gasteiger partial charge in [0.2, 0.25) is 0 Å². The van der Waals surface area contributed by atoms with E-state index in [1.165, 1.54) is 0 Å². The van der Waals surface area contributed by atoms with Crippen molar-refractivity contribution < 1.29 is 4.74 Å². The molecule has 0 spiro atoms. The molecule has 0 amide bonds. The van der Waals surface area contributed by atoms with Crippen LogP contribution in [0.15, 0.2) is 30.7 Å². The Morgan fingerprint density at radius 2 is 2.36 bits per heavy atom. The minimum Gasteiger partial charge on any atom is -0.472 e. The molecule has 1 aliphatic rings. The van der Waals surface area contributed by atoms with Crippen LogP contribution < -0.4 is 10.6 Å². The van der Waals surface area contributed by atoms with E-state index in [2.05, 4.69) is 4.98 Å². The molecule has 2 nitrogen and oxygen atoms in total. The molecule has 0 N–H and O–H groups in total. The van der Waals surface area contributed by atoms with Crippen LogP contribution in [-0.4, -0.2) is 4.98 Å². The van der Waals surface area contributed by atoms with E-state index in [1.807, 2.05) is 24.3 Å². The Morgan fingerprint density at radius 3 is 3.36 bits per heavy atom. The van der Waals surface area contributed by atoms with Gasteiger partial charge in [-0.3, -0.25) is 4.98 Å². The third kappa shape index (κ3) is 1.15. The summed E-state index contributed by atoms with van der Waals surface area (Å²) in [6, 6.07) is 3.85. The van der Waals surface area contributed by atoms with E-state index in [1.54, 1.807) is 18.7 Å². The van der Waals surface area contributed by atoms with Gasteiger partial charge in [-0.1, -0.05) is 0 Å². The van der Waals surface area contributed by atoms with Gasteiger partial charge in [0.15, 0.2) is 0 Å². The molecule has 0 atom stereocenters. The molecule has 2 heterocycles. The van der Waals surface area contributed by atoms with Crippen LogP contribution in [0.5, 0.6) is 0 Å². The Morgan fingerprint density at radius 1 is 1.36 bits per heavy atom. The van der Waals surface area contributed by atoms with Gasteiger partial charge < -0.3 is 4.74 Å². The van der Waals surface area contributed by atoms with Crippen LogP contribution in [0, 0.1) is 0 Å². The van der Waals surface area contributed by atoms with Crippen molar-refractivity contribution in [1.29, 1.82) is 0 Å². The molecule has 0 fully saturated rings. The monoisotopic (exact) mass is 145 g/mol. The molecule has 0 aliphatic carbocycles. The summed E-state index contributed by atoms with van der Waals surface area (Å²) in [7, 11) is 0. The Bertz CT molecular complexity index is 392. The van der Waals surface area contributed by atoms with Gasteiger partial charge in [0, 0.05) is 11.4 Å². The second-order valence-electron chi connectivity index (χ2n) is 2.23. The molecule has 0 aromatic carbocycles. The van der Waals surface area contributed by atoms with Crippen molar-refractivity contribution in [1.82, 2.24) is 4.98 Å². The fourth-order valence-electron chi connectivity index (χ4n) is 0.957. The Hall–Kier alpha value is -1.57. The Balaban J connectivity index is 2.81. The summed E-state index contributed by atoms with van der Waals surface area (Å²) in [5.74, 6) is 0. The number of pyridine rings is 1. The molecule has 11 heavy (non-hydrogen) atoms. The van der Waals surface area contributed by atoms with Gasteiger partial charge in [0.05, 0.1) is 17.9 Å². The van der Waals surface area contributed by atoms with Crippen LogP contribution in [0.2, 0.25) is 0 Å². The second-order valence-corrected chi connectivity index (χ2v) is 2.23. The number of allylic oxidation sites excluding steroid dienone is 1. The first kappa shape index (κ1) is 6.16. The van der Waals surface area contributed by atoms with Gasteiger partial charge >= 0.3 is 0 Å². The van der Waals surface area contributed by atoms with Crippen molar-refractivity contribution in [3.8, 4) is 0 Å². The zero-order chi connectivity index (χ0) is 7.52. The van der Waals surface area contributed by atoms with Crippen molar-refractivity contribution in [3.05, 3.63) is 41.2 Å². The van der Waals surface area contributed by atoms with Crippen molar-refractivity contribution in [2.24, 2.45) is 0 Å². The van der Waals surface area contributed by atoms with Crippen LogP contribution in [0.1, 0.15) is 0 Å². The number of rotatable bonds is 0. The van der Waals surface area contributed by atoms with Gasteiger partial charge in [-0.2, -0.15) is 0 Å². The largest absolute Gasteiger partial charge is 0.472 e.